The van der Waals surface area contributed by atoms with Crippen molar-refractivity contribution in [3.05, 3.63) is 0 Å². The molecule has 0 radical (unpaired) electrons. The first-order valence-corrected chi connectivity index (χ1v) is 13.7. The molecule has 16 heavy (non-hydrogen) atoms. The second-order valence-corrected chi connectivity index (χ2v) is 10.8. The van der Waals surface area contributed by atoms with Gasteiger partial charge in [-0.3, -0.25) is 0 Å². The van der Waals surface area contributed by atoms with E-state index in [-0.39, 0.29) is 0 Å². The Bertz CT molecular complexity index is 251. The van der Waals surface area contributed by atoms with E-state index in [9.17, 15) is 0 Å². The van der Waals surface area contributed by atoms with Crippen LogP contribution in [0.5, 0.6) is 0 Å². The maximum atomic E-state index is 3.39. The zero-order valence-corrected chi connectivity index (χ0v) is 16.1. The van der Waals surface area contributed by atoms with Gasteiger partial charge in [0.15, 0.2) is 0 Å². The number of hydrogen-bond donors (Lipinski definition) is 0. The van der Waals surface area contributed by atoms with Gasteiger partial charge in [0.05, 0.1) is 0 Å². The van der Waals surface area contributed by atoms with Gasteiger partial charge in [-0.1, -0.05) is 0 Å². The topological polar surface area (TPSA) is 0 Å². The molecule has 4 heteroatoms. The molecule has 0 amide bonds. The quantitative estimate of drug-likeness (QED) is 0.371. The van der Waals surface area contributed by atoms with Crippen LogP contribution in [0.1, 0.15) is 25.7 Å². The van der Waals surface area contributed by atoms with Gasteiger partial charge in [0.1, 0.15) is 0 Å². The SMILES string of the molecule is C1#C[Se]CCC[Se]C#C[Se]CCCCC[Se]1. The summed E-state index contributed by atoms with van der Waals surface area (Å²) in [5, 5.41) is 5.45. The van der Waals surface area contributed by atoms with Crippen molar-refractivity contribution in [1.29, 1.82) is 0 Å². The van der Waals surface area contributed by atoms with Crippen LogP contribution in [0.3, 0.4) is 0 Å². The fraction of sp³-hybridized carbons (Fsp3) is 0.667. The molecule has 0 atom stereocenters. The van der Waals surface area contributed by atoms with E-state index in [0.717, 1.165) is 0 Å². The molecule has 0 aromatic carbocycles. The van der Waals surface area contributed by atoms with Gasteiger partial charge in [0.2, 0.25) is 0 Å². The summed E-state index contributed by atoms with van der Waals surface area (Å²) >= 11 is 2.44. The fourth-order valence-corrected chi connectivity index (χ4v) is 8.57. The zero-order valence-electron chi connectivity index (χ0n) is 9.29. The molecular formula is C12H16Se4. The van der Waals surface area contributed by atoms with Crippen LogP contribution in [0, 0.1) is 19.3 Å². The molecule has 88 valence electrons. The van der Waals surface area contributed by atoms with Gasteiger partial charge in [-0.25, -0.2) is 0 Å². The monoisotopic (exact) mass is 480 g/mol. The van der Waals surface area contributed by atoms with Crippen molar-refractivity contribution in [3.63, 3.8) is 0 Å². The Kier molecular flexibility index (Phi) is 12.1. The third-order valence-electron chi connectivity index (χ3n) is 1.86. The Hall–Kier alpha value is 1.20. The standard InChI is InChI=1S/C12H16Se4/c1-2-5-13-9-11-15-7-4-8-16-12-10-14-6-3-1/h1-8H2. The maximum absolute atomic E-state index is 3.39. The van der Waals surface area contributed by atoms with E-state index in [0.29, 0.717) is 59.8 Å². The molecular weight excluding hydrogens is 460 g/mol. The summed E-state index contributed by atoms with van der Waals surface area (Å²) < 4.78 is 0. The summed E-state index contributed by atoms with van der Waals surface area (Å²) in [6, 6.07) is 0. The van der Waals surface area contributed by atoms with Gasteiger partial charge in [-0.15, -0.1) is 0 Å². The van der Waals surface area contributed by atoms with Crippen molar-refractivity contribution in [2.45, 2.75) is 47.0 Å². The third-order valence-corrected chi connectivity index (χ3v) is 9.37. The molecule has 0 bridgehead atoms. The second-order valence-electron chi connectivity index (χ2n) is 3.22. The van der Waals surface area contributed by atoms with Gasteiger partial charge in [-0.2, -0.15) is 0 Å². The van der Waals surface area contributed by atoms with E-state index in [4.69, 9.17) is 0 Å². The predicted molar refractivity (Wildman–Crippen MR) is 76.3 cm³/mol. The van der Waals surface area contributed by atoms with Crippen LogP contribution in [0.4, 0.5) is 0 Å². The van der Waals surface area contributed by atoms with Crippen LogP contribution in [0.25, 0.3) is 0 Å². The van der Waals surface area contributed by atoms with Crippen molar-refractivity contribution in [1.82, 2.24) is 0 Å². The molecule has 0 aromatic rings. The second kappa shape index (κ2) is 12.6. The average Bonchev–Trinajstić information content (AvgIpc) is 2.29. The molecule has 1 rings (SSSR count). The fourth-order valence-electron chi connectivity index (χ4n) is 1.05. The van der Waals surface area contributed by atoms with Crippen LogP contribution in [-0.4, -0.2) is 59.8 Å². The molecule has 0 saturated heterocycles. The summed E-state index contributed by atoms with van der Waals surface area (Å²) in [7, 11) is 0. The van der Waals surface area contributed by atoms with Gasteiger partial charge in [0.25, 0.3) is 0 Å². The van der Waals surface area contributed by atoms with Gasteiger partial charge < -0.3 is 0 Å². The van der Waals surface area contributed by atoms with Gasteiger partial charge in [0, 0.05) is 0 Å². The first-order chi connectivity index (χ1) is 8.00. The Morgan fingerprint density at radius 3 is 1.25 bits per heavy atom. The van der Waals surface area contributed by atoms with Crippen LogP contribution >= 0.6 is 0 Å². The summed E-state index contributed by atoms with van der Waals surface area (Å²) in [5.41, 5.74) is 0. The molecule has 1 aliphatic heterocycles. The van der Waals surface area contributed by atoms with Crippen LogP contribution < -0.4 is 0 Å². The number of rotatable bonds is 0. The summed E-state index contributed by atoms with van der Waals surface area (Å²) in [6.07, 6.45) is 5.57. The molecule has 0 nitrogen and oxygen atoms in total. The normalized spacial score (nSPS) is 20.0. The van der Waals surface area contributed by atoms with Crippen LogP contribution in [-0.2, 0) is 0 Å². The summed E-state index contributed by atoms with van der Waals surface area (Å²) in [5.74, 6) is 0. The molecule has 0 saturated carbocycles. The molecule has 1 aliphatic rings. The molecule has 0 N–H and O–H groups in total. The van der Waals surface area contributed by atoms with E-state index < -0.39 is 0 Å². The van der Waals surface area contributed by atoms with Crippen molar-refractivity contribution >= 4 is 59.8 Å². The average molecular weight is 476 g/mol. The molecule has 0 fully saturated rings. The zero-order chi connectivity index (χ0) is 11.3. The van der Waals surface area contributed by atoms with Crippen LogP contribution in [0.2, 0.25) is 21.3 Å². The molecule has 0 aliphatic carbocycles. The van der Waals surface area contributed by atoms with Crippen molar-refractivity contribution in [2.75, 3.05) is 0 Å². The van der Waals surface area contributed by atoms with Gasteiger partial charge >= 0.3 is 126 Å². The number of hydrogen-bond acceptors (Lipinski definition) is 0. The van der Waals surface area contributed by atoms with E-state index in [2.05, 4.69) is 19.3 Å². The molecule has 0 spiro atoms. The first kappa shape index (κ1) is 15.3. The Morgan fingerprint density at radius 2 is 0.812 bits per heavy atom. The Morgan fingerprint density at radius 1 is 0.438 bits per heavy atom. The Labute approximate surface area is 125 Å². The predicted octanol–water partition coefficient (Wildman–Crippen LogP) is 1.89. The summed E-state index contributed by atoms with van der Waals surface area (Å²) in [4.78, 5) is 13.5. The minimum absolute atomic E-state index is 0.603. The van der Waals surface area contributed by atoms with Crippen molar-refractivity contribution in [2.24, 2.45) is 0 Å². The molecule has 1 heterocycles. The van der Waals surface area contributed by atoms with E-state index in [1.807, 2.05) is 0 Å². The van der Waals surface area contributed by atoms with Crippen molar-refractivity contribution < 1.29 is 0 Å². The third kappa shape index (κ3) is 10.4. The van der Waals surface area contributed by atoms with Crippen LogP contribution in [0.15, 0.2) is 0 Å². The molecule has 0 unspecified atom stereocenters. The Balaban J connectivity index is 2.19. The van der Waals surface area contributed by atoms with E-state index >= 15 is 0 Å². The van der Waals surface area contributed by atoms with E-state index in [1.54, 1.807) is 0 Å². The summed E-state index contributed by atoms with van der Waals surface area (Å²) in [6.45, 7) is 0. The molecule has 0 aromatic heterocycles. The first-order valence-electron chi connectivity index (χ1n) is 5.47. The van der Waals surface area contributed by atoms with Gasteiger partial charge in [-0.05, 0) is 0 Å². The van der Waals surface area contributed by atoms with Crippen molar-refractivity contribution in [3.8, 4) is 19.3 Å². The minimum atomic E-state index is 0.603. The van der Waals surface area contributed by atoms with E-state index in [1.165, 1.54) is 47.0 Å².